The molecule has 1 nitrogen and oxygen atoms in total. The van der Waals surface area contributed by atoms with Gasteiger partial charge in [0, 0.05) is 0 Å². The Bertz CT molecular complexity index is 420. The quantitative estimate of drug-likeness (QED) is 0.735. The fraction of sp³-hybridized carbons (Fsp3) is 0.647. The van der Waals surface area contributed by atoms with Crippen LogP contribution in [0.2, 0.25) is 0 Å². The zero-order valence-corrected chi connectivity index (χ0v) is 12.2. The highest BCUT2D eigenvalue weighted by Gasteiger charge is 2.23. The Morgan fingerprint density at radius 3 is 2.22 bits per heavy atom. The Kier molecular flexibility index (Phi) is 3.70. The summed E-state index contributed by atoms with van der Waals surface area (Å²) >= 11 is 0. The van der Waals surface area contributed by atoms with Crippen molar-refractivity contribution in [1.82, 2.24) is 0 Å². The predicted octanol–water partition coefficient (Wildman–Crippen LogP) is 5.05. The van der Waals surface area contributed by atoms with Gasteiger partial charge >= 0.3 is 0 Å². The molecule has 2 rings (SSSR count). The van der Waals surface area contributed by atoms with Crippen LogP contribution in [0.1, 0.15) is 75.5 Å². The molecule has 0 bridgehead atoms. The number of phenols is 1. The van der Waals surface area contributed by atoms with Crippen molar-refractivity contribution in [3.63, 3.8) is 0 Å². The molecule has 0 saturated heterocycles. The monoisotopic (exact) mass is 246 g/mol. The van der Waals surface area contributed by atoms with E-state index in [2.05, 4.69) is 33.8 Å². The molecule has 1 fully saturated rings. The first kappa shape index (κ1) is 13.5. The summed E-state index contributed by atoms with van der Waals surface area (Å²) < 4.78 is 0. The van der Waals surface area contributed by atoms with Crippen molar-refractivity contribution in [2.45, 2.75) is 71.1 Å². The van der Waals surface area contributed by atoms with Gasteiger partial charge in [0.25, 0.3) is 0 Å². The van der Waals surface area contributed by atoms with Crippen LogP contribution in [-0.2, 0) is 5.41 Å². The highest BCUT2D eigenvalue weighted by molar-refractivity contribution is 5.45. The summed E-state index contributed by atoms with van der Waals surface area (Å²) in [6.45, 7) is 8.84. The summed E-state index contributed by atoms with van der Waals surface area (Å²) in [4.78, 5) is 0. The zero-order chi connectivity index (χ0) is 13.3. The summed E-state index contributed by atoms with van der Waals surface area (Å²) in [7, 11) is 0. The maximum Gasteiger partial charge on any atom is 0.119 e. The first-order chi connectivity index (χ1) is 8.39. The van der Waals surface area contributed by atoms with E-state index < -0.39 is 0 Å². The molecule has 0 aliphatic heterocycles. The van der Waals surface area contributed by atoms with Gasteiger partial charge in [-0.3, -0.25) is 0 Å². The molecule has 1 N–H and O–H groups in total. The smallest absolute Gasteiger partial charge is 0.119 e. The van der Waals surface area contributed by atoms with E-state index in [9.17, 15) is 5.11 Å². The largest absolute Gasteiger partial charge is 0.508 e. The molecule has 1 heteroatoms. The number of aromatic hydroxyl groups is 1. The third kappa shape index (κ3) is 2.71. The molecule has 0 unspecified atom stereocenters. The zero-order valence-electron chi connectivity index (χ0n) is 12.2. The van der Waals surface area contributed by atoms with Gasteiger partial charge in [-0.15, -0.1) is 0 Å². The van der Waals surface area contributed by atoms with E-state index in [0.29, 0.717) is 11.7 Å². The molecule has 0 aromatic heterocycles. The first-order valence-electron chi connectivity index (χ1n) is 7.23. The summed E-state index contributed by atoms with van der Waals surface area (Å²) in [5, 5.41) is 10.2. The lowest BCUT2D eigenvalue weighted by atomic mass is 9.78. The lowest BCUT2D eigenvalue weighted by Gasteiger charge is -2.27. The Hall–Kier alpha value is -0.980. The van der Waals surface area contributed by atoms with Gasteiger partial charge in [-0.25, -0.2) is 0 Å². The molecule has 1 aliphatic rings. The van der Waals surface area contributed by atoms with Crippen LogP contribution in [0.25, 0.3) is 0 Å². The minimum absolute atomic E-state index is 0.154. The van der Waals surface area contributed by atoms with Crippen molar-refractivity contribution in [3.8, 4) is 5.75 Å². The molecular formula is C17H26O. The van der Waals surface area contributed by atoms with E-state index in [0.717, 1.165) is 0 Å². The van der Waals surface area contributed by atoms with Crippen molar-refractivity contribution in [1.29, 1.82) is 0 Å². The van der Waals surface area contributed by atoms with Gasteiger partial charge < -0.3 is 5.11 Å². The SMILES string of the molecule is Cc1cc(O)c(C2CCCCC2)cc1C(C)(C)C. The van der Waals surface area contributed by atoms with Gasteiger partial charge in [-0.2, -0.15) is 0 Å². The van der Waals surface area contributed by atoms with Gasteiger partial charge in [0.05, 0.1) is 0 Å². The molecule has 18 heavy (non-hydrogen) atoms. The fourth-order valence-corrected chi connectivity index (χ4v) is 3.26. The van der Waals surface area contributed by atoms with E-state index in [1.807, 2.05) is 6.07 Å². The Labute approximate surface area is 111 Å². The highest BCUT2D eigenvalue weighted by atomic mass is 16.3. The molecular weight excluding hydrogens is 220 g/mol. The highest BCUT2D eigenvalue weighted by Crippen LogP contribution is 2.40. The van der Waals surface area contributed by atoms with Crippen molar-refractivity contribution < 1.29 is 5.11 Å². The Morgan fingerprint density at radius 2 is 1.67 bits per heavy atom. The van der Waals surface area contributed by atoms with Crippen molar-refractivity contribution in [2.24, 2.45) is 0 Å². The Morgan fingerprint density at radius 1 is 1.06 bits per heavy atom. The van der Waals surface area contributed by atoms with E-state index in [4.69, 9.17) is 0 Å². The minimum Gasteiger partial charge on any atom is -0.508 e. The standard InChI is InChI=1S/C17H26O/c1-12-10-16(18)14(11-15(12)17(2,3)4)13-8-6-5-7-9-13/h10-11,13,18H,5-9H2,1-4H3. The van der Waals surface area contributed by atoms with Crippen molar-refractivity contribution in [3.05, 3.63) is 28.8 Å². The van der Waals surface area contributed by atoms with Gasteiger partial charge in [0.15, 0.2) is 0 Å². The summed E-state index contributed by atoms with van der Waals surface area (Å²) in [5.74, 6) is 1.08. The number of phenolic OH excluding ortho intramolecular Hbond substituents is 1. The van der Waals surface area contributed by atoms with Crippen LogP contribution >= 0.6 is 0 Å². The molecule has 0 heterocycles. The Balaban J connectivity index is 2.41. The van der Waals surface area contributed by atoms with Gasteiger partial charge in [0.2, 0.25) is 0 Å². The summed E-state index contributed by atoms with van der Waals surface area (Å²) in [6, 6.07) is 4.23. The molecule has 1 aromatic rings. The predicted molar refractivity (Wildman–Crippen MR) is 77.4 cm³/mol. The third-order valence-electron chi connectivity index (χ3n) is 4.23. The van der Waals surface area contributed by atoms with Crippen LogP contribution in [-0.4, -0.2) is 5.11 Å². The summed E-state index contributed by atoms with van der Waals surface area (Å²) in [6.07, 6.45) is 6.45. The molecule has 1 aromatic carbocycles. The topological polar surface area (TPSA) is 20.2 Å². The van der Waals surface area contributed by atoms with Crippen LogP contribution in [0.3, 0.4) is 0 Å². The normalized spacial score (nSPS) is 18.0. The van der Waals surface area contributed by atoms with Crippen LogP contribution in [0.15, 0.2) is 12.1 Å². The van der Waals surface area contributed by atoms with Crippen LogP contribution < -0.4 is 0 Å². The molecule has 1 aliphatic carbocycles. The maximum atomic E-state index is 10.2. The van der Waals surface area contributed by atoms with Crippen LogP contribution in [0, 0.1) is 6.92 Å². The molecule has 0 radical (unpaired) electrons. The number of hydrogen-bond donors (Lipinski definition) is 1. The van der Waals surface area contributed by atoms with Crippen molar-refractivity contribution >= 4 is 0 Å². The summed E-state index contributed by atoms with van der Waals surface area (Å²) in [5.41, 5.74) is 3.92. The first-order valence-corrected chi connectivity index (χ1v) is 7.23. The fourth-order valence-electron chi connectivity index (χ4n) is 3.26. The number of hydrogen-bond acceptors (Lipinski definition) is 1. The minimum atomic E-state index is 0.154. The second-order valence-corrected chi connectivity index (χ2v) is 6.81. The van der Waals surface area contributed by atoms with E-state index in [1.54, 1.807) is 0 Å². The van der Waals surface area contributed by atoms with Gasteiger partial charge in [0.1, 0.15) is 5.75 Å². The van der Waals surface area contributed by atoms with E-state index >= 15 is 0 Å². The maximum absolute atomic E-state index is 10.2. The second kappa shape index (κ2) is 4.95. The molecule has 0 spiro atoms. The number of aryl methyl sites for hydroxylation is 1. The van der Waals surface area contributed by atoms with E-state index in [-0.39, 0.29) is 5.41 Å². The number of rotatable bonds is 1. The lowest BCUT2D eigenvalue weighted by molar-refractivity contribution is 0.412. The van der Waals surface area contributed by atoms with E-state index in [1.165, 1.54) is 48.8 Å². The van der Waals surface area contributed by atoms with Gasteiger partial charge in [-0.05, 0) is 53.9 Å². The molecule has 1 saturated carbocycles. The second-order valence-electron chi connectivity index (χ2n) is 6.81. The van der Waals surface area contributed by atoms with Crippen LogP contribution in [0.4, 0.5) is 0 Å². The van der Waals surface area contributed by atoms with Crippen molar-refractivity contribution in [2.75, 3.05) is 0 Å². The molecule has 0 amide bonds. The lowest BCUT2D eigenvalue weighted by Crippen LogP contribution is -2.15. The average Bonchev–Trinajstić information content (AvgIpc) is 2.28. The molecule has 0 atom stereocenters. The van der Waals surface area contributed by atoms with Crippen LogP contribution in [0.5, 0.6) is 5.75 Å². The van der Waals surface area contributed by atoms with Gasteiger partial charge in [-0.1, -0.05) is 46.1 Å². The molecule has 100 valence electrons. The third-order valence-corrected chi connectivity index (χ3v) is 4.23. The number of benzene rings is 1. The average molecular weight is 246 g/mol.